The van der Waals surface area contributed by atoms with E-state index in [1.165, 1.54) is 15.8 Å². The van der Waals surface area contributed by atoms with Gasteiger partial charge in [-0.2, -0.15) is 0 Å². The van der Waals surface area contributed by atoms with Crippen molar-refractivity contribution in [2.75, 3.05) is 6.54 Å². The lowest BCUT2D eigenvalue weighted by Gasteiger charge is -2.17. The summed E-state index contributed by atoms with van der Waals surface area (Å²) >= 11 is 1.85. The predicted octanol–water partition coefficient (Wildman–Crippen LogP) is 4.34. The van der Waals surface area contributed by atoms with Crippen LogP contribution in [0.5, 0.6) is 0 Å². The third-order valence-electron chi connectivity index (χ3n) is 3.17. The molecule has 0 saturated carbocycles. The number of nitrogens with one attached hydrogen (secondary N) is 1. The van der Waals surface area contributed by atoms with E-state index in [0.717, 1.165) is 24.9 Å². The van der Waals surface area contributed by atoms with Gasteiger partial charge in [0.2, 0.25) is 0 Å². The molecule has 1 heterocycles. The molecule has 1 aromatic carbocycles. The minimum atomic E-state index is -0.166. The summed E-state index contributed by atoms with van der Waals surface area (Å²) in [6.45, 7) is 5.13. The van der Waals surface area contributed by atoms with Gasteiger partial charge in [0.15, 0.2) is 0 Å². The Morgan fingerprint density at radius 1 is 1.16 bits per heavy atom. The van der Waals surface area contributed by atoms with Gasteiger partial charge in [-0.05, 0) is 42.8 Å². The van der Waals surface area contributed by atoms with Crippen molar-refractivity contribution >= 4 is 11.3 Å². The van der Waals surface area contributed by atoms with Crippen LogP contribution in [-0.4, -0.2) is 6.54 Å². The average Bonchev–Trinajstić information content (AvgIpc) is 2.86. The number of thiophene rings is 1. The molecule has 0 radical (unpaired) electrons. The van der Waals surface area contributed by atoms with Gasteiger partial charge in [0.25, 0.3) is 0 Å². The summed E-state index contributed by atoms with van der Waals surface area (Å²) < 4.78 is 13.3. The van der Waals surface area contributed by atoms with Gasteiger partial charge < -0.3 is 5.32 Å². The Bertz CT molecular complexity index is 521. The monoisotopic (exact) mass is 277 g/mol. The Morgan fingerprint density at radius 2 is 1.95 bits per heavy atom. The van der Waals surface area contributed by atoms with Crippen molar-refractivity contribution in [3.63, 3.8) is 0 Å². The van der Waals surface area contributed by atoms with E-state index >= 15 is 0 Å². The van der Waals surface area contributed by atoms with E-state index in [2.05, 4.69) is 31.3 Å². The lowest BCUT2D eigenvalue weighted by atomic mass is 10.0. The first-order chi connectivity index (χ1) is 9.22. The van der Waals surface area contributed by atoms with E-state index < -0.39 is 0 Å². The number of hydrogen-bond donors (Lipinski definition) is 1. The van der Waals surface area contributed by atoms with Gasteiger partial charge in [-0.1, -0.05) is 26.0 Å². The van der Waals surface area contributed by atoms with Crippen molar-refractivity contribution < 1.29 is 4.39 Å². The maximum atomic E-state index is 13.3. The van der Waals surface area contributed by atoms with E-state index in [1.54, 1.807) is 12.1 Å². The van der Waals surface area contributed by atoms with Crippen LogP contribution >= 0.6 is 11.3 Å². The van der Waals surface area contributed by atoms with Gasteiger partial charge in [-0.15, -0.1) is 11.3 Å². The van der Waals surface area contributed by atoms with Crippen LogP contribution in [0.25, 0.3) is 0 Å². The molecule has 0 amide bonds. The summed E-state index contributed by atoms with van der Waals surface area (Å²) in [5, 5.41) is 3.44. The summed E-state index contributed by atoms with van der Waals surface area (Å²) in [4.78, 5) is 2.76. The summed E-state index contributed by atoms with van der Waals surface area (Å²) in [5.41, 5.74) is 1.02. The second-order valence-corrected chi connectivity index (χ2v) is 5.84. The van der Waals surface area contributed by atoms with Crippen molar-refractivity contribution in [3.05, 3.63) is 57.5 Å². The highest BCUT2D eigenvalue weighted by molar-refractivity contribution is 7.11. The van der Waals surface area contributed by atoms with Gasteiger partial charge in [-0.3, -0.25) is 0 Å². The van der Waals surface area contributed by atoms with Crippen LogP contribution in [0.2, 0.25) is 0 Å². The van der Waals surface area contributed by atoms with Crippen LogP contribution in [-0.2, 0) is 12.8 Å². The van der Waals surface area contributed by atoms with Crippen LogP contribution in [0.3, 0.4) is 0 Å². The Labute approximate surface area is 118 Å². The highest BCUT2D eigenvalue weighted by Crippen LogP contribution is 2.24. The van der Waals surface area contributed by atoms with Crippen molar-refractivity contribution in [1.82, 2.24) is 5.32 Å². The third kappa shape index (κ3) is 3.88. The molecule has 1 nitrogen and oxygen atoms in total. The molecule has 0 aliphatic rings. The standard InChI is InChI=1S/C16H20FNS/c1-3-14-8-9-15(19-14)11-16(18-4-2)12-6-5-7-13(17)10-12/h5-10,16,18H,3-4,11H2,1-2H3. The number of benzene rings is 1. The van der Waals surface area contributed by atoms with Crippen molar-refractivity contribution in [1.29, 1.82) is 0 Å². The zero-order chi connectivity index (χ0) is 13.7. The molecule has 1 N–H and O–H groups in total. The number of hydrogen-bond acceptors (Lipinski definition) is 2. The predicted molar refractivity (Wildman–Crippen MR) is 80.2 cm³/mol. The van der Waals surface area contributed by atoms with Gasteiger partial charge >= 0.3 is 0 Å². The molecule has 0 saturated heterocycles. The number of aryl methyl sites for hydroxylation is 1. The minimum absolute atomic E-state index is 0.166. The maximum absolute atomic E-state index is 13.3. The number of halogens is 1. The van der Waals surface area contributed by atoms with Gasteiger partial charge in [-0.25, -0.2) is 4.39 Å². The molecule has 1 atom stereocenters. The molecule has 3 heteroatoms. The second-order valence-electron chi connectivity index (χ2n) is 4.59. The van der Waals surface area contributed by atoms with E-state index in [0.29, 0.717) is 0 Å². The zero-order valence-electron chi connectivity index (χ0n) is 11.4. The molecular weight excluding hydrogens is 257 g/mol. The highest BCUT2D eigenvalue weighted by Gasteiger charge is 2.13. The fraction of sp³-hybridized carbons (Fsp3) is 0.375. The topological polar surface area (TPSA) is 12.0 Å². The lowest BCUT2D eigenvalue weighted by molar-refractivity contribution is 0.546. The first kappa shape index (κ1) is 14.2. The average molecular weight is 277 g/mol. The Balaban J connectivity index is 2.15. The summed E-state index contributed by atoms with van der Waals surface area (Å²) in [6.07, 6.45) is 2.00. The van der Waals surface area contributed by atoms with Crippen molar-refractivity contribution in [2.45, 2.75) is 32.7 Å². The fourth-order valence-corrected chi connectivity index (χ4v) is 3.20. The van der Waals surface area contributed by atoms with Gasteiger partial charge in [0.05, 0.1) is 0 Å². The Hall–Kier alpha value is -1.19. The molecular formula is C16H20FNS. The van der Waals surface area contributed by atoms with E-state index in [9.17, 15) is 4.39 Å². The largest absolute Gasteiger partial charge is 0.310 e. The van der Waals surface area contributed by atoms with Crippen LogP contribution in [0.1, 0.15) is 35.2 Å². The molecule has 0 spiro atoms. The van der Waals surface area contributed by atoms with E-state index in [-0.39, 0.29) is 11.9 Å². The summed E-state index contributed by atoms with van der Waals surface area (Å²) in [6, 6.07) is 11.5. The van der Waals surface area contributed by atoms with Crippen LogP contribution in [0.15, 0.2) is 36.4 Å². The molecule has 1 aromatic heterocycles. The fourth-order valence-electron chi connectivity index (χ4n) is 2.20. The van der Waals surface area contributed by atoms with Crippen LogP contribution in [0.4, 0.5) is 4.39 Å². The third-order valence-corrected chi connectivity index (χ3v) is 4.42. The summed E-state index contributed by atoms with van der Waals surface area (Å²) in [5.74, 6) is -0.166. The minimum Gasteiger partial charge on any atom is -0.310 e. The molecule has 2 rings (SSSR count). The van der Waals surface area contributed by atoms with E-state index in [4.69, 9.17) is 0 Å². The maximum Gasteiger partial charge on any atom is 0.123 e. The Kier molecular flexibility index (Phi) is 5.11. The SMILES string of the molecule is CCNC(Cc1ccc(CC)s1)c1cccc(F)c1. The molecule has 0 bridgehead atoms. The van der Waals surface area contributed by atoms with Crippen LogP contribution < -0.4 is 5.32 Å². The van der Waals surface area contributed by atoms with Gasteiger partial charge in [0, 0.05) is 22.2 Å². The van der Waals surface area contributed by atoms with Gasteiger partial charge in [0.1, 0.15) is 5.82 Å². The Morgan fingerprint density at radius 3 is 2.58 bits per heavy atom. The molecule has 102 valence electrons. The normalized spacial score (nSPS) is 12.6. The number of likely N-dealkylation sites (N-methyl/N-ethyl adjacent to an activating group) is 1. The first-order valence-electron chi connectivity index (χ1n) is 6.79. The molecule has 19 heavy (non-hydrogen) atoms. The second kappa shape index (κ2) is 6.83. The zero-order valence-corrected chi connectivity index (χ0v) is 12.3. The lowest BCUT2D eigenvalue weighted by Crippen LogP contribution is -2.22. The quantitative estimate of drug-likeness (QED) is 0.828. The summed E-state index contributed by atoms with van der Waals surface area (Å²) in [7, 11) is 0. The molecule has 0 aliphatic heterocycles. The number of rotatable bonds is 6. The molecule has 2 aromatic rings. The molecule has 1 unspecified atom stereocenters. The van der Waals surface area contributed by atoms with Crippen molar-refractivity contribution in [2.24, 2.45) is 0 Å². The molecule has 0 fully saturated rings. The highest BCUT2D eigenvalue weighted by atomic mass is 32.1. The first-order valence-corrected chi connectivity index (χ1v) is 7.61. The van der Waals surface area contributed by atoms with Crippen LogP contribution in [0, 0.1) is 5.82 Å². The van der Waals surface area contributed by atoms with E-state index in [1.807, 2.05) is 17.4 Å². The molecule has 0 aliphatic carbocycles. The van der Waals surface area contributed by atoms with Crippen molar-refractivity contribution in [3.8, 4) is 0 Å². The smallest absolute Gasteiger partial charge is 0.123 e.